The van der Waals surface area contributed by atoms with Gasteiger partial charge in [-0.3, -0.25) is 9.59 Å². The number of halogens is 2. The van der Waals surface area contributed by atoms with Crippen LogP contribution in [0.2, 0.25) is 0 Å². The largest absolute Gasteiger partial charge is 0.495 e. The van der Waals surface area contributed by atoms with Gasteiger partial charge in [-0.1, -0.05) is 12.8 Å². The molecule has 2 N–H and O–H groups in total. The molecule has 40 heavy (non-hydrogen) atoms. The number of hydrogen-bond acceptors (Lipinski definition) is 8. The van der Waals surface area contributed by atoms with Gasteiger partial charge in [0.05, 0.1) is 25.5 Å². The standard InChI is InChI=1S/C28H37F2N7O3/c1-35-13-6-7-19(12-14-35)32-25(38)18-10-11-21(23(15-18)40-3)33-27-31-16-22-24(34-27)37(20-8-4-5-9-20)17-28(29,30)26(39)36(22)2/h10-11,15-16,19-20H,4-9,12-14,17H2,1-3H3,(H,32,38)(H,31,33,34). The van der Waals surface area contributed by atoms with Crippen LogP contribution in [-0.4, -0.2) is 85.5 Å². The number of nitrogens with one attached hydrogen (secondary N) is 2. The molecule has 12 heteroatoms. The maximum atomic E-state index is 14.9. The number of alkyl halides is 2. The van der Waals surface area contributed by atoms with Gasteiger partial charge in [-0.05, 0) is 70.4 Å². The minimum Gasteiger partial charge on any atom is -0.495 e. The van der Waals surface area contributed by atoms with Crippen molar-refractivity contribution in [2.75, 3.05) is 56.0 Å². The van der Waals surface area contributed by atoms with Crippen LogP contribution in [0.3, 0.4) is 0 Å². The number of nitrogens with zero attached hydrogens (tertiary/aromatic N) is 5. The molecule has 2 fully saturated rings. The van der Waals surface area contributed by atoms with Gasteiger partial charge in [-0.25, -0.2) is 4.98 Å². The highest BCUT2D eigenvalue weighted by atomic mass is 19.3. The van der Waals surface area contributed by atoms with Crippen LogP contribution >= 0.6 is 0 Å². The maximum absolute atomic E-state index is 14.9. The van der Waals surface area contributed by atoms with Crippen molar-refractivity contribution in [3.63, 3.8) is 0 Å². The molecule has 1 aromatic heterocycles. The van der Waals surface area contributed by atoms with Gasteiger partial charge in [0.2, 0.25) is 5.95 Å². The number of hydrogen-bond donors (Lipinski definition) is 2. The Hall–Kier alpha value is -3.54. The Morgan fingerprint density at radius 3 is 2.62 bits per heavy atom. The van der Waals surface area contributed by atoms with Gasteiger partial charge in [0.1, 0.15) is 11.4 Å². The number of fused-ring (bicyclic) bond motifs is 1. The van der Waals surface area contributed by atoms with Crippen molar-refractivity contribution in [2.45, 2.75) is 63.0 Å². The van der Waals surface area contributed by atoms with E-state index in [1.807, 2.05) is 0 Å². The Labute approximate surface area is 233 Å². The minimum absolute atomic E-state index is 0.120. The van der Waals surface area contributed by atoms with Gasteiger partial charge >= 0.3 is 5.92 Å². The van der Waals surface area contributed by atoms with Crippen LogP contribution < -0.4 is 25.2 Å². The number of aromatic nitrogens is 2. The number of rotatable bonds is 6. The second-order valence-corrected chi connectivity index (χ2v) is 11.0. The molecule has 216 valence electrons. The summed E-state index contributed by atoms with van der Waals surface area (Å²) in [6.45, 7) is 1.24. The molecule has 0 spiro atoms. The van der Waals surface area contributed by atoms with Crippen LogP contribution in [0, 0.1) is 0 Å². The lowest BCUT2D eigenvalue weighted by molar-refractivity contribution is -0.140. The predicted octanol–water partition coefficient (Wildman–Crippen LogP) is 3.80. The van der Waals surface area contributed by atoms with Gasteiger partial charge in [0.25, 0.3) is 11.8 Å². The first-order chi connectivity index (χ1) is 19.2. The third-order valence-electron chi connectivity index (χ3n) is 8.13. The zero-order valence-electron chi connectivity index (χ0n) is 23.3. The van der Waals surface area contributed by atoms with Crippen LogP contribution in [0.25, 0.3) is 0 Å². The lowest BCUT2D eigenvalue weighted by Gasteiger charge is -2.31. The molecule has 2 aromatic rings. The molecular weight excluding hydrogens is 520 g/mol. The number of methoxy groups -OCH3 is 1. The fraction of sp³-hybridized carbons (Fsp3) is 0.571. The predicted molar refractivity (Wildman–Crippen MR) is 149 cm³/mol. The van der Waals surface area contributed by atoms with Gasteiger partial charge in [0, 0.05) is 24.7 Å². The molecule has 10 nitrogen and oxygen atoms in total. The first-order valence-electron chi connectivity index (χ1n) is 13.9. The Bertz CT molecular complexity index is 1250. The number of ether oxygens (including phenoxy) is 1. The normalized spacial score (nSPS) is 21.9. The molecule has 3 aliphatic rings. The summed E-state index contributed by atoms with van der Waals surface area (Å²) in [6.07, 6.45) is 7.67. The zero-order valence-corrected chi connectivity index (χ0v) is 23.3. The number of likely N-dealkylation sites (tertiary alicyclic amines) is 1. The van der Waals surface area contributed by atoms with E-state index in [0.29, 0.717) is 22.8 Å². The highest BCUT2D eigenvalue weighted by Crippen LogP contribution is 2.40. The average molecular weight is 558 g/mol. The number of anilines is 4. The number of benzene rings is 1. The van der Waals surface area contributed by atoms with E-state index in [1.165, 1.54) is 20.4 Å². The van der Waals surface area contributed by atoms with Crippen molar-refractivity contribution < 1.29 is 23.1 Å². The molecule has 0 radical (unpaired) electrons. The van der Waals surface area contributed by atoms with Crippen molar-refractivity contribution >= 4 is 35.0 Å². The third-order valence-corrected chi connectivity index (χ3v) is 8.13. The second-order valence-electron chi connectivity index (χ2n) is 11.0. The Morgan fingerprint density at radius 2 is 1.88 bits per heavy atom. The van der Waals surface area contributed by atoms with Crippen molar-refractivity contribution in [2.24, 2.45) is 0 Å². The first-order valence-corrected chi connectivity index (χ1v) is 13.9. The lowest BCUT2D eigenvalue weighted by Crippen LogP contribution is -2.48. The molecule has 1 saturated carbocycles. The molecule has 5 rings (SSSR count). The fourth-order valence-electron chi connectivity index (χ4n) is 5.81. The van der Waals surface area contributed by atoms with E-state index in [0.717, 1.165) is 62.9 Å². The topological polar surface area (TPSA) is 103 Å². The van der Waals surface area contributed by atoms with Gasteiger partial charge in [-0.15, -0.1) is 0 Å². The minimum atomic E-state index is -3.54. The van der Waals surface area contributed by atoms with Gasteiger partial charge in [0.15, 0.2) is 5.82 Å². The van der Waals surface area contributed by atoms with Crippen LogP contribution in [-0.2, 0) is 4.79 Å². The van der Waals surface area contributed by atoms with Crippen LogP contribution in [0.1, 0.15) is 55.3 Å². The summed E-state index contributed by atoms with van der Waals surface area (Å²) in [5, 5.41) is 6.25. The van der Waals surface area contributed by atoms with Crippen molar-refractivity contribution in [1.29, 1.82) is 0 Å². The van der Waals surface area contributed by atoms with Crippen molar-refractivity contribution in [3.05, 3.63) is 30.0 Å². The highest BCUT2D eigenvalue weighted by Gasteiger charge is 2.48. The smallest absolute Gasteiger partial charge is 0.342 e. The molecule has 1 aliphatic carbocycles. The summed E-state index contributed by atoms with van der Waals surface area (Å²) in [5.41, 5.74) is 1.23. The Kier molecular flexibility index (Phi) is 8.07. The summed E-state index contributed by atoms with van der Waals surface area (Å²) in [4.78, 5) is 39.2. The van der Waals surface area contributed by atoms with E-state index < -0.39 is 18.4 Å². The summed E-state index contributed by atoms with van der Waals surface area (Å²) in [7, 11) is 4.92. The highest BCUT2D eigenvalue weighted by molar-refractivity contribution is 6.02. The molecule has 1 saturated heterocycles. The molecule has 2 amide bonds. The quantitative estimate of drug-likeness (QED) is 0.553. The fourth-order valence-corrected chi connectivity index (χ4v) is 5.81. The van der Waals surface area contributed by atoms with Crippen LogP contribution in [0.5, 0.6) is 5.75 Å². The summed E-state index contributed by atoms with van der Waals surface area (Å²) < 4.78 is 35.3. The molecule has 3 heterocycles. The van der Waals surface area contributed by atoms with Gasteiger partial charge in [-0.2, -0.15) is 13.8 Å². The van der Waals surface area contributed by atoms with Crippen molar-refractivity contribution in [3.8, 4) is 5.75 Å². The van der Waals surface area contributed by atoms with Gasteiger partial charge < -0.3 is 30.1 Å². The maximum Gasteiger partial charge on any atom is 0.342 e. The number of amides is 2. The van der Waals surface area contributed by atoms with Crippen molar-refractivity contribution in [1.82, 2.24) is 20.2 Å². The third kappa shape index (κ3) is 5.81. The average Bonchev–Trinajstić information content (AvgIpc) is 3.38. The second kappa shape index (κ2) is 11.5. The summed E-state index contributed by atoms with van der Waals surface area (Å²) in [6, 6.07) is 5.05. The van der Waals surface area contributed by atoms with E-state index in [2.05, 4.69) is 32.5 Å². The number of carbonyl (C=O) groups excluding carboxylic acids is 2. The first kappa shape index (κ1) is 28.0. The van der Waals surface area contributed by atoms with Crippen LogP contribution in [0.15, 0.2) is 24.4 Å². The molecule has 1 aromatic carbocycles. The molecule has 0 bridgehead atoms. The SMILES string of the molecule is COc1cc(C(=O)NC2CCCN(C)CC2)ccc1Nc1ncc2c(n1)N(C1CCCC1)CC(F)(F)C(=O)N2C. The lowest BCUT2D eigenvalue weighted by atomic mass is 10.1. The van der Waals surface area contributed by atoms with E-state index in [4.69, 9.17) is 4.74 Å². The van der Waals surface area contributed by atoms with E-state index >= 15 is 0 Å². The van der Waals surface area contributed by atoms with E-state index in [1.54, 1.807) is 23.1 Å². The Balaban J connectivity index is 1.38. The summed E-state index contributed by atoms with van der Waals surface area (Å²) in [5.74, 6) is -4.10. The molecular formula is C28H37F2N7O3. The molecule has 2 aliphatic heterocycles. The monoisotopic (exact) mass is 557 g/mol. The zero-order chi connectivity index (χ0) is 28.4. The number of carbonyl (C=O) groups is 2. The Morgan fingerprint density at radius 1 is 1.10 bits per heavy atom. The molecule has 1 atom stereocenters. The van der Waals surface area contributed by atoms with E-state index in [-0.39, 0.29) is 29.6 Å². The molecule has 1 unspecified atom stereocenters. The summed E-state index contributed by atoms with van der Waals surface area (Å²) >= 11 is 0. The van der Waals surface area contributed by atoms with E-state index in [9.17, 15) is 18.4 Å². The van der Waals surface area contributed by atoms with Crippen LogP contribution in [0.4, 0.5) is 31.9 Å².